The van der Waals surface area contributed by atoms with E-state index in [4.69, 9.17) is 24.7 Å². The Bertz CT molecular complexity index is 1290. The molecule has 38 heavy (non-hydrogen) atoms. The Morgan fingerprint density at radius 2 is 1.89 bits per heavy atom. The van der Waals surface area contributed by atoms with Crippen LogP contribution >= 0.6 is 0 Å². The van der Waals surface area contributed by atoms with Crippen LogP contribution in [0.5, 0.6) is 0 Å². The second-order valence-corrected chi connectivity index (χ2v) is 9.28. The zero-order chi connectivity index (χ0) is 26.5. The number of carbonyl (C=O) groups excluding carboxylic acids is 1. The zero-order valence-electron chi connectivity index (χ0n) is 21.1. The minimum absolute atomic E-state index is 0.145. The summed E-state index contributed by atoms with van der Waals surface area (Å²) in [5, 5.41) is 11.4. The molecule has 3 aromatic rings. The minimum Gasteiger partial charge on any atom is -0.355 e. The van der Waals surface area contributed by atoms with Gasteiger partial charge < -0.3 is 29.6 Å². The van der Waals surface area contributed by atoms with Gasteiger partial charge in [-0.2, -0.15) is 5.26 Å². The van der Waals surface area contributed by atoms with Crippen molar-refractivity contribution >= 4 is 11.9 Å². The Morgan fingerprint density at radius 3 is 2.61 bits per heavy atom. The third-order valence-electron chi connectivity index (χ3n) is 6.55. The van der Waals surface area contributed by atoms with Crippen molar-refractivity contribution in [3.05, 3.63) is 48.2 Å². The molecule has 4 heterocycles. The number of benzene rings is 1. The van der Waals surface area contributed by atoms with Gasteiger partial charge in [0.25, 0.3) is 0 Å². The highest BCUT2D eigenvalue weighted by atomic mass is 19.1. The van der Waals surface area contributed by atoms with Gasteiger partial charge in [-0.25, -0.2) is 19.3 Å². The van der Waals surface area contributed by atoms with Crippen LogP contribution in [0, 0.1) is 23.1 Å². The molecule has 2 aliphatic heterocycles. The summed E-state index contributed by atoms with van der Waals surface area (Å²) in [7, 11) is 2.09. The number of rotatable bonds is 7. The number of halogens is 1. The highest BCUT2D eigenvalue weighted by Gasteiger charge is 2.31. The Hall–Kier alpha value is -3.92. The number of nitriles is 1. The summed E-state index contributed by atoms with van der Waals surface area (Å²) in [5.41, 5.74) is 2.55. The first kappa shape index (κ1) is 25.7. The van der Waals surface area contributed by atoms with Crippen molar-refractivity contribution in [1.82, 2.24) is 30.2 Å². The summed E-state index contributed by atoms with van der Waals surface area (Å²) in [6, 6.07) is 9.87. The van der Waals surface area contributed by atoms with Crippen molar-refractivity contribution in [3.63, 3.8) is 0 Å². The fraction of sp³-hybridized carbons (Fsp3) is 0.423. The first-order chi connectivity index (χ1) is 18.5. The molecule has 2 fully saturated rings. The van der Waals surface area contributed by atoms with Gasteiger partial charge in [-0.15, -0.1) is 0 Å². The second kappa shape index (κ2) is 11.6. The van der Waals surface area contributed by atoms with Crippen LogP contribution in [0.4, 0.5) is 10.3 Å². The fourth-order valence-corrected chi connectivity index (χ4v) is 4.35. The molecule has 0 aliphatic carbocycles. The smallest absolute Gasteiger partial charge is 0.227 e. The quantitative estimate of drug-likeness (QED) is 0.450. The molecule has 2 N–H and O–H groups in total. The number of aromatic nitrogens is 4. The molecule has 0 bridgehead atoms. The van der Waals surface area contributed by atoms with Crippen LogP contribution < -0.4 is 10.2 Å². The van der Waals surface area contributed by atoms with Crippen LogP contribution in [0.25, 0.3) is 22.6 Å². The van der Waals surface area contributed by atoms with E-state index < -0.39 is 12.2 Å². The topological polar surface area (TPSA) is 132 Å². The summed E-state index contributed by atoms with van der Waals surface area (Å²) in [4.78, 5) is 34.1. The summed E-state index contributed by atoms with van der Waals surface area (Å²) in [6.45, 7) is 4.08. The van der Waals surface area contributed by atoms with Crippen molar-refractivity contribution in [2.24, 2.45) is 5.92 Å². The number of ether oxygens (including phenoxy) is 2. The maximum atomic E-state index is 13.7. The lowest BCUT2D eigenvalue weighted by Crippen LogP contribution is -2.45. The molecule has 11 nitrogen and oxygen atoms in total. The first-order valence-electron chi connectivity index (χ1n) is 12.5. The van der Waals surface area contributed by atoms with E-state index in [0.717, 1.165) is 26.2 Å². The van der Waals surface area contributed by atoms with Crippen LogP contribution in [-0.2, 0) is 14.3 Å². The predicted molar refractivity (Wildman–Crippen MR) is 136 cm³/mol. The number of amides is 1. The maximum absolute atomic E-state index is 13.7. The number of likely N-dealkylation sites (N-methyl/N-ethyl adjacent to an activating group) is 1. The molecular formula is C26H29FN8O3. The van der Waals surface area contributed by atoms with Gasteiger partial charge in [0.05, 0.1) is 48.7 Å². The number of nitrogens with zero attached hydrogens (tertiary/aromatic N) is 6. The maximum Gasteiger partial charge on any atom is 0.227 e. The Kier molecular flexibility index (Phi) is 7.88. The van der Waals surface area contributed by atoms with E-state index in [9.17, 15) is 9.18 Å². The molecule has 1 aromatic carbocycles. The number of aromatic amines is 1. The summed E-state index contributed by atoms with van der Waals surface area (Å²) < 4.78 is 25.4. The predicted octanol–water partition coefficient (Wildman–Crippen LogP) is 2.12. The van der Waals surface area contributed by atoms with E-state index in [1.807, 2.05) is 6.07 Å². The lowest BCUT2D eigenvalue weighted by molar-refractivity contribution is -0.208. The van der Waals surface area contributed by atoms with Crippen molar-refractivity contribution < 1.29 is 18.7 Å². The summed E-state index contributed by atoms with van der Waals surface area (Å²) >= 11 is 0. The van der Waals surface area contributed by atoms with E-state index in [2.05, 4.69) is 32.1 Å². The molecule has 2 aliphatic rings. The highest BCUT2D eigenvalue weighted by Crippen LogP contribution is 2.33. The van der Waals surface area contributed by atoms with E-state index in [-0.39, 0.29) is 37.9 Å². The first-order valence-corrected chi connectivity index (χ1v) is 12.5. The van der Waals surface area contributed by atoms with Gasteiger partial charge in [0.15, 0.2) is 5.82 Å². The SMILES string of the molecule is CN1CCN(c2nccc(-c3[nH]c(C4OCC(C(=O)NCCC#N)CO4)nc3-c3ccc(F)cc3)n2)CC1. The van der Waals surface area contributed by atoms with Crippen molar-refractivity contribution in [2.45, 2.75) is 12.7 Å². The van der Waals surface area contributed by atoms with E-state index >= 15 is 0 Å². The molecule has 0 unspecified atom stereocenters. The van der Waals surface area contributed by atoms with Crippen LogP contribution in [0.3, 0.4) is 0 Å². The van der Waals surface area contributed by atoms with Gasteiger partial charge in [-0.3, -0.25) is 4.79 Å². The number of anilines is 1. The molecule has 5 rings (SSSR count). The van der Waals surface area contributed by atoms with Crippen molar-refractivity contribution in [1.29, 1.82) is 5.26 Å². The number of imidazole rings is 1. The molecule has 2 saturated heterocycles. The normalized spacial score (nSPS) is 20.2. The molecule has 1 amide bonds. The largest absolute Gasteiger partial charge is 0.355 e. The number of hydrogen-bond acceptors (Lipinski definition) is 9. The number of H-pyrrole nitrogens is 1. The molecule has 0 saturated carbocycles. The highest BCUT2D eigenvalue weighted by molar-refractivity contribution is 5.79. The van der Waals surface area contributed by atoms with Gasteiger partial charge in [0, 0.05) is 44.5 Å². The molecular weight excluding hydrogens is 491 g/mol. The lowest BCUT2D eigenvalue weighted by atomic mass is 10.1. The number of hydrogen-bond donors (Lipinski definition) is 2. The molecule has 0 radical (unpaired) electrons. The Morgan fingerprint density at radius 1 is 1.16 bits per heavy atom. The monoisotopic (exact) mass is 520 g/mol. The number of piperazine rings is 1. The van der Waals surface area contributed by atoms with Gasteiger partial charge in [0.2, 0.25) is 18.1 Å². The second-order valence-electron chi connectivity index (χ2n) is 9.28. The lowest BCUT2D eigenvalue weighted by Gasteiger charge is -2.32. The average Bonchev–Trinajstić information content (AvgIpc) is 3.40. The van der Waals surface area contributed by atoms with Crippen LogP contribution in [0.15, 0.2) is 36.5 Å². The average molecular weight is 521 g/mol. The summed E-state index contributed by atoms with van der Waals surface area (Å²) in [6.07, 6.45) is 1.14. The molecule has 0 spiro atoms. The van der Waals surface area contributed by atoms with Gasteiger partial charge in [-0.1, -0.05) is 0 Å². The van der Waals surface area contributed by atoms with Gasteiger partial charge >= 0.3 is 0 Å². The van der Waals surface area contributed by atoms with E-state index in [1.54, 1.807) is 24.4 Å². The Balaban J connectivity index is 1.39. The molecule has 198 valence electrons. The molecule has 2 aromatic heterocycles. The standard InChI is InChI=1S/C26H29FN8O3/c1-34-11-13-35(14-12-34)26-30-10-7-20(31-26)22-21(17-3-5-19(27)6-4-17)32-23(33-22)25-37-15-18(16-38-25)24(36)29-9-2-8-28/h3-7,10,18,25H,2,9,11-16H2,1H3,(H,29,36)(H,32,33). The van der Waals surface area contributed by atoms with Crippen molar-refractivity contribution in [3.8, 4) is 28.7 Å². The third kappa shape index (κ3) is 5.80. The zero-order valence-corrected chi connectivity index (χ0v) is 21.1. The van der Waals surface area contributed by atoms with Gasteiger partial charge in [0.1, 0.15) is 5.82 Å². The molecule has 0 atom stereocenters. The van der Waals surface area contributed by atoms with Crippen LogP contribution in [0.1, 0.15) is 18.5 Å². The fourth-order valence-electron chi connectivity index (χ4n) is 4.35. The molecule has 12 heteroatoms. The third-order valence-corrected chi connectivity index (χ3v) is 6.55. The van der Waals surface area contributed by atoms with Crippen LogP contribution in [0.2, 0.25) is 0 Å². The van der Waals surface area contributed by atoms with Gasteiger partial charge in [-0.05, 0) is 37.4 Å². The van der Waals surface area contributed by atoms with Crippen molar-refractivity contribution in [2.75, 3.05) is 57.9 Å². The minimum atomic E-state index is -0.815. The van der Waals surface area contributed by atoms with E-state index in [1.165, 1.54) is 12.1 Å². The number of carbonyl (C=O) groups is 1. The van der Waals surface area contributed by atoms with E-state index in [0.29, 0.717) is 34.4 Å². The van der Waals surface area contributed by atoms with Crippen LogP contribution in [-0.4, -0.2) is 83.7 Å². The Labute approximate surface area is 219 Å². The number of nitrogens with one attached hydrogen (secondary N) is 2. The summed E-state index contributed by atoms with van der Waals surface area (Å²) in [5.74, 6) is 0.00495.